The van der Waals surface area contributed by atoms with Gasteiger partial charge in [0.1, 0.15) is 5.82 Å². The summed E-state index contributed by atoms with van der Waals surface area (Å²) in [5.74, 6) is 1.07. The minimum Gasteiger partial charge on any atom is -0.314 e. The summed E-state index contributed by atoms with van der Waals surface area (Å²) in [6, 6.07) is 15.4. The first-order chi connectivity index (χ1) is 14.2. The van der Waals surface area contributed by atoms with E-state index in [0.717, 1.165) is 54.8 Å². The van der Waals surface area contributed by atoms with Gasteiger partial charge in [-0.1, -0.05) is 62.6 Å². The molecule has 0 aromatic heterocycles. The number of hydrogen-bond acceptors (Lipinski definition) is 1. The van der Waals surface area contributed by atoms with Crippen LogP contribution in [-0.2, 0) is 0 Å². The Kier molecular flexibility index (Phi) is 7.02. The van der Waals surface area contributed by atoms with Gasteiger partial charge < -0.3 is 5.32 Å². The highest BCUT2D eigenvalue weighted by Gasteiger charge is 2.24. The molecule has 2 saturated carbocycles. The number of benzene rings is 2. The number of hydrogen-bond donors (Lipinski definition) is 1. The molecule has 0 saturated heterocycles. The van der Waals surface area contributed by atoms with Crippen LogP contribution in [0.2, 0.25) is 0 Å². The van der Waals surface area contributed by atoms with Crippen molar-refractivity contribution in [3.8, 4) is 11.1 Å². The molecule has 2 aromatic rings. The van der Waals surface area contributed by atoms with Crippen molar-refractivity contribution in [2.45, 2.75) is 89.0 Å². The molecule has 0 amide bonds. The third-order valence-electron chi connectivity index (χ3n) is 7.17. The zero-order valence-corrected chi connectivity index (χ0v) is 17.9. The monoisotopic (exact) mass is 393 g/mol. The van der Waals surface area contributed by atoms with Gasteiger partial charge in [-0.25, -0.2) is 4.39 Å². The number of rotatable bonds is 6. The molecule has 0 bridgehead atoms. The molecule has 0 heterocycles. The van der Waals surface area contributed by atoms with Gasteiger partial charge in [0, 0.05) is 6.04 Å². The summed E-state index contributed by atoms with van der Waals surface area (Å²) in [4.78, 5) is 0. The highest BCUT2D eigenvalue weighted by Crippen LogP contribution is 2.37. The first-order valence-electron chi connectivity index (χ1n) is 11.9. The topological polar surface area (TPSA) is 12.0 Å². The van der Waals surface area contributed by atoms with Gasteiger partial charge in [-0.3, -0.25) is 0 Å². The average molecular weight is 394 g/mol. The maximum atomic E-state index is 15.0. The Morgan fingerprint density at radius 1 is 0.793 bits per heavy atom. The van der Waals surface area contributed by atoms with E-state index in [2.05, 4.69) is 42.6 Å². The van der Waals surface area contributed by atoms with Crippen molar-refractivity contribution in [3.63, 3.8) is 0 Å². The molecule has 2 fully saturated rings. The van der Waals surface area contributed by atoms with Gasteiger partial charge >= 0.3 is 0 Å². The van der Waals surface area contributed by atoms with Gasteiger partial charge in [0.15, 0.2) is 0 Å². The van der Waals surface area contributed by atoms with E-state index in [1.54, 1.807) is 6.07 Å². The molecule has 29 heavy (non-hydrogen) atoms. The third kappa shape index (κ3) is 5.09. The van der Waals surface area contributed by atoms with Crippen molar-refractivity contribution in [2.24, 2.45) is 0 Å². The predicted molar refractivity (Wildman–Crippen MR) is 121 cm³/mol. The lowest BCUT2D eigenvalue weighted by Gasteiger charge is -2.29. The second kappa shape index (κ2) is 9.89. The highest BCUT2D eigenvalue weighted by atomic mass is 19.1. The summed E-state index contributed by atoms with van der Waals surface area (Å²) in [5, 5.41) is 3.62. The average Bonchev–Trinajstić information content (AvgIpc) is 2.79. The van der Waals surface area contributed by atoms with Crippen LogP contribution in [0.5, 0.6) is 0 Å². The van der Waals surface area contributed by atoms with Crippen LogP contribution >= 0.6 is 0 Å². The second-order valence-electron chi connectivity index (χ2n) is 9.20. The van der Waals surface area contributed by atoms with Crippen LogP contribution in [0.4, 0.5) is 4.39 Å². The predicted octanol–water partition coefficient (Wildman–Crippen LogP) is 7.57. The molecule has 0 atom stereocenters. The second-order valence-corrected chi connectivity index (χ2v) is 9.20. The standard InChI is InChI=1S/C27H36FN/c1-2-18-29-25-15-12-23(13-16-25)26-17-14-24(19-27(26)28)22-10-8-21(9-11-22)20-6-4-3-5-7-20/h8-11,14,17,19-20,23,25,29H,2-7,12-13,15-16,18H2,1H3. The van der Waals surface area contributed by atoms with Crippen molar-refractivity contribution < 1.29 is 4.39 Å². The fraction of sp³-hybridized carbons (Fsp3) is 0.556. The van der Waals surface area contributed by atoms with Crippen LogP contribution in [0.25, 0.3) is 11.1 Å². The Hall–Kier alpha value is -1.67. The maximum Gasteiger partial charge on any atom is 0.127 e. The zero-order chi connectivity index (χ0) is 20.1. The Morgan fingerprint density at radius 3 is 2.14 bits per heavy atom. The van der Waals surface area contributed by atoms with E-state index in [9.17, 15) is 4.39 Å². The van der Waals surface area contributed by atoms with E-state index < -0.39 is 0 Å². The van der Waals surface area contributed by atoms with E-state index in [0.29, 0.717) is 12.0 Å². The molecule has 0 radical (unpaired) electrons. The number of halogens is 1. The normalized spacial score (nSPS) is 23.2. The summed E-state index contributed by atoms with van der Waals surface area (Å²) < 4.78 is 15.0. The highest BCUT2D eigenvalue weighted by molar-refractivity contribution is 5.64. The molecule has 1 N–H and O–H groups in total. The minimum absolute atomic E-state index is 0.0242. The Balaban J connectivity index is 1.41. The molecule has 0 unspecified atom stereocenters. The Morgan fingerprint density at radius 2 is 1.48 bits per heavy atom. The molecule has 156 valence electrons. The van der Waals surface area contributed by atoms with Crippen molar-refractivity contribution in [3.05, 3.63) is 59.4 Å². The smallest absolute Gasteiger partial charge is 0.127 e. The van der Waals surface area contributed by atoms with Gasteiger partial charge in [0.25, 0.3) is 0 Å². The molecule has 2 heteroatoms. The fourth-order valence-electron chi connectivity index (χ4n) is 5.38. The van der Waals surface area contributed by atoms with Crippen molar-refractivity contribution >= 4 is 0 Å². The zero-order valence-electron chi connectivity index (χ0n) is 17.9. The first-order valence-corrected chi connectivity index (χ1v) is 11.9. The van der Waals surface area contributed by atoms with Crippen LogP contribution in [0.3, 0.4) is 0 Å². The molecular weight excluding hydrogens is 357 g/mol. The van der Waals surface area contributed by atoms with E-state index >= 15 is 0 Å². The quantitative estimate of drug-likeness (QED) is 0.534. The molecule has 1 nitrogen and oxygen atoms in total. The lowest BCUT2D eigenvalue weighted by Crippen LogP contribution is -2.33. The van der Waals surface area contributed by atoms with Crippen molar-refractivity contribution in [1.82, 2.24) is 5.32 Å². The van der Waals surface area contributed by atoms with Gasteiger partial charge in [-0.05, 0) is 91.6 Å². The molecule has 2 aliphatic carbocycles. The fourth-order valence-corrected chi connectivity index (χ4v) is 5.38. The maximum absolute atomic E-state index is 15.0. The van der Waals surface area contributed by atoms with E-state index in [1.165, 1.54) is 44.1 Å². The summed E-state index contributed by atoms with van der Waals surface area (Å²) >= 11 is 0. The minimum atomic E-state index is -0.0242. The van der Waals surface area contributed by atoms with Gasteiger partial charge in [0.2, 0.25) is 0 Å². The van der Waals surface area contributed by atoms with Crippen LogP contribution in [0.1, 0.15) is 94.1 Å². The molecule has 2 aromatic carbocycles. The summed E-state index contributed by atoms with van der Waals surface area (Å²) in [6.07, 6.45) is 12.4. The summed E-state index contributed by atoms with van der Waals surface area (Å²) in [6.45, 7) is 3.30. The van der Waals surface area contributed by atoms with Crippen LogP contribution < -0.4 is 5.32 Å². The van der Waals surface area contributed by atoms with Gasteiger partial charge in [-0.2, -0.15) is 0 Å². The third-order valence-corrected chi connectivity index (χ3v) is 7.17. The number of nitrogens with one attached hydrogen (secondary N) is 1. The largest absolute Gasteiger partial charge is 0.314 e. The lowest BCUT2D eigenvalue weighted by atomic mass is 9.81. The SMILES string of the molecule is CCCNC1CCC(c2ccc(-c3ccc(C4CCCCC4)cc3)cc2F)CC1. The molecular formula is C27H36FN. The van der Waals surface area contributed by atoms with Crippen molar-refractivity contribution in [2.75, 3.05) is 6.54 Å². The summed E-state index contributed by atoms with van der Waals surface area (Å²) in [7, 11) is 0. The molecule has 2 aliphatic rings. The van der Waals surface area contributed by atoms with E-state index in [4.69, 9.17) is 0 Å². The lowest BCUT2D eigenvalue weighted by molar-refractivity contribution is 0.339. The molecule has 4 rings (SSSR count). The van der Waals surface area contributed by atoms with Crippen LogP contribution in [0.15, 0.2) is 42.5 Å². The molecule has 0 spiro atoms. The van der Waals surface area contributed by atoms with Gasteiger partial charge in [-0.15, -0.1) is 0 Å². The van der Waals surface area contributed by atoms with E-state index in [-0.39, 0.29) is 5.82 Å². The van der Waals surface area contributed by atoms with Crippen molar-refractivity contribution in [1.29, 1.82) is 0 Å². The first kappa shape index (κ1) is 20.6. The van der Waals surface area contributed by atoms with Crippen LogP contribution in [0, 0.1) is 5.82 Å². The van der Waals surface area contributed by atoms with Crippen LogP contribution in [-0.4, -0.2) is 12.6 Å². The Bertz CT molecular complexity index is 768. The van der Waals surface area contributed by atoms with Gasteiger partial charge in [0.05, 0.1) is 0 Å². The Labute approximate surface area is 176 Å². The summed E-state index contributed by atoms with van der Waals surface area (Å²) in [5.41, 5.74) is 4.50. The molecule has 0 aliphatic heterocycles. The van der Waals surface area contributed by atoms with E-state index in [1.807, 2.05) is 6.07 Å².